The molecule has 1 aromatic heterocycles. The fourth-order valence-electron chi connectivity index (χ4n) is 2.63. The van der Waals surface area contributed by atoms with Crippen molar-refractivity contribution < 1.29 is 18.3 Å². The Morgan fingerprint density at radius 1 is 1.39 bits per heavy atom. The minimum atomic E-state index is -0.822. The standard InChI is InChI=1S/C15H16F2N4O2/c16-11-3-4-14(13(17)6-11)23-8-15(22)20-5-1-2-12(7-20)21-10-18-9-19-21/h3-4,6,9-10,12H,1-2,5,7-8H2/t12-/m1/s1. The largest absolute Gasteiger partial charge is 0.481 e. The van der Waals surface area contributed by atoms with E-state index in [0.717, 1.165) is 25.0 Å². The van der Waals surface area contributed by atoms with Crippen LogP contribution < -0.4 is 4.74 Å². The van der Waals surface area contributed by atoms with Crippen LogP contribution in [-0.2, 0) is 4.79 Å². The molecular weight excluding hydrogens is 306 g/mol. The van der Waals surface area contributed by atoms with Crippen molar-refractivity contribution in [2.24, 2.45) is 0 Å². The fraction of sp³-hybridized carbons (Fsp3) is 0.400. The molecule has 0 aliphatic carbocycles. The van der Waals surface area contributed by atoms with Gasteiger partial charge in [-0.2, -0.15) is 5.10 Å². The lowest BCUT2D eigenvalue weighted by Gasteiger charge is -2.32. The van der Waals surface area contributed by atoms with Gasteiger partial charge in [0, 0.05) is 19.2 Å². The SMILES string of the molecule is O=C(COc1ccc(F)cc1F)N1CCC[C@@H](n2cncn2)C1. The fourth-order valence-corrected chi connectivity index (χ4v) is 2.63. The lowest BCUT2D eigenvalue weighted by atomic mass is 10.1. The second-order valence-corrected chi connectivity index (χ2v) is 5.37. The van der Waals surface area contributed by atoms with E-state index in [1.807, 2.05) is 0 Å². The Bertz CT molecular complexity index is 678. The number of carbonyl (C=O) groups is 1. The smallest absolute Gasteiger partial charge is 0.260 e. The van der Waals surface area contributed by atoms with Gasteiger partial charge in [0.05, 0.1) is 6.04 Å². The highest BCUT2D eigenvalue weighted by molar-refractivity contribution is 5.77. The average molecular weight is 322 g/mol. The van der Waals surface area contributed by atoms with Crippen molar-refractivity contribution in [3.05, 3.63) is 42.5 Å². The summed E-state index contributed by atoms with van der Waals surface area (Å²) in [6.45, 7) is 0.851. The number of carbonyl (C=O) groups excluding carboxylic acids is 1. The van der Waals surface area contributed by atoms with E-state index in [1.165, 1.54) is 12.4 Å². The van der Waals surface area contributed by atoms with Gasteiger partial charge in [0.2, 0.25) is 0 Å². The van der Waals surface area contributed by atoms with Crippen LogP contribution in [0.3, 0.4) is 0 Å². The molecule has 0 spiro atoms. The predicted molar refractivity (Wildman–Crippen MR) is 76.7 cm³/mol. The highest BCUT2D eigenvalue weighted by atomic mass is 19.1. The number of aromatic nitrogens is 3. The number of likely N-dealkylation sites (tertiary alicyclic amines) is 1. The van der Waals surface area contributed by atoms with Gasteiger partial charge in [0.15, 0.2) is 18.2 Å². The zero-order valence-electron chi connectivity index (χ0n) is 12.4. The number of hydrogen-bond acceptors (Lipinski definition) is 4. The van der Waals surface area contributed by atoms with Gasteiger partial charge in [-0.25, -0.2) is 18.4 Å². The molecule has 3 rings (SSSR count). The van der Waals surface area contributed by atoms with Crippen LogP contribution in [0.4, 0.5) is 8.78 Å². The third kappa shape index (κ3) is 3.64. The summed E-state index contributed by atoms with van der Waals surface area (Å²) in [5.74, 6) is -1.88. The van der Waals surface area contributed by atoms with E-state index < -0.39 is 11.6 Å². The Labute approximate surface area is 131 Å². The lowest BCUT2D eigenvalue weighted by molar-refractivity contribution is -0.135. The third-order valence-corrected chi connectivity index (χ3v) is 3.81. The zero-order valence-corrected chi connectivity index (χ0v) is 12.4. The van der Waals surface area contributed by atoms with E-state index in [1.54, 1.807) is 15.9 Å². The maximum absolute atomic E-state index is 13.5. The van der Waals surface area contributed by atoms with Gasteiger partial charge >= 0.3 is 0 Å². The van der Waals surface area contributed by atoms with Crippen LogP contribution in [0, 0.1) is 11.6 Å². The monoisotopic (exact) mass is 322 g/mol. The van der Waals surface area contributed by atoms with Crippen LogP contribution in [-0.4, -0.2) is 45.3 Å². The number of amides is 1. The minimum absolute atomic E-state index is 0.0813. The number of benzene rings is 1. The van der Waals surface area contributed by atoms with E-state index in [9.17, 15) is 13.6 Å². The Kier molecular flexibility index (Phi) is 4.50. The van der Waals surface area contributed by atoms with Crippen molar-refractivity contribution >= 4 is 5.91 Å². The quantitative estimate of drug-likeness (QED) is 0.861. The number of hydrogen-bond donors (Lipinski definition) is 0. The Hall–Kier alpha value is -2.51. The Morgan fingerprint density at radius 2 is 2.26 bits per heavy atom. The second-order valence-electron chi connectivity index (χ2n) is 5.37. The Morgan fingerprint density at radius 3 is 3.00 bits per heavy atom. The summed E-state index contributed by atoms with van der Waals surface area (Å²) in [5.41, 5.74) is 0. The van der Waals surface area contributed by atoms with Gasteiger partial charge < -0.3 is 9.64 Å². The number of nitrogens with zero attached hydrogens (tertiary/aromatic N) is 4. The van der Waals surface area contributed by atoms with Crippen molar-refractivity contribution in [2.75, 3.05) is 19.7 Å². The van der Waals surface area contributed by atoms with Crippen molar-refractivity contribution in [2.45, 2.75) is 18.9 Å². The van der Waals surface area contributed by atoms with Gasteiger partial charge in [0.1, 0.15) is 18.5 Å². The van der Waals surface area contributed by atoms with Crippen LogP contribution >= 0.6 is 0 Å². The molecule has 0 radical (unpaired) electrons. The van der Waals surface area contributed by atoms with E-state index in [0.29, 0.717) is 13.1 Å². The molecule has 6 nitrogen and oxygen atoms in total. The first kappa shape index (κ1) is 15.4. The summed E-state index contributed by atoms with van der Waals surface area (Å²) < 4.78 is 33.2. The topological polar surface area (TPSA) is 60.2 Å². The molecule has 1 amide bonds. The molecule has 1 aromatic carbocycles. The van der Waals surface area contributed by atoms with Crippen molar-refractivity contribution in [3.63, 3.8) is 0 Å². The molecule has 1 atom stereocenters. The van der Waals surface area contributed by atoms with E-state index in [-0.39, 0.29) is 24.3 Å². The Balaban J connectivity index is 1.57. The summed E-state index contributed by atoms with van der Waals surface area (Å²) in [6, 6.07) is 3.07. The van der Waals surface area contributed by atoms with Crippen LogP contribution in [0.25, 0.3) is 0 Å². The van der Waals surface area contributed by atoms with Gasteiger partial charge in [-0.3, -0.25) is 4.79 Å². The third-order valence-electron chi connectivity index (χ3n) is 3.81. The molecule has 23 heavy (non-hydrogen) atoms. The molecule has 0 saturated carbocycles. The molecule has 8 heteroatoms. The summed E-state index contributed by atoms with van der Waals surface area (Å²) in [5, 5.41) is 4.10. The van der Waals surface area contributed by atoms with Crippen molar-refractivity contribution in [3.8, 4) is 5.75 Å². The van der Waals surface area contributed by atoms with Gasteiger partial charge in [0.25, 0.3) is 5.91 Å². The number of piperidine rings is 1. The molecule has 0 bridgehead atoms. The summed E-state index contributed by atoms with van der Waals surface area (Å²) in [6.07, 6.45) is 4.85. The van der Waals surface area contributed by atoms with Crippen LogP contribution in [0.15, 0.2) is 30.9 Å². The maximum Gasteiger partial charge on any atom is 0.260 e. The number of rotatable bonds is 4. The summed E-state index contributed by atoms with van der Waals surface area (Å²) >= 11 is 0. The van der Waals surface area contributed by atoms with Crippen LogP contribution in [0.5, 0.6) is 5.75 Å². The molecule has 1 aliphatic heterocycles. The molecule has 0 unspecified atom stereocenters. The first-order valence-electron chi connectivity index (χ1n) is 7.33. The van der Waals surface area contributed by atoms with Crippen LogP contribution in [0.1, 0.15) is 18.9 Å². The predicted octanol–water partition coefficient (Wildman–Crippen LogP) is 1.80. The van der Waals surface area contributed by atoms with E-state index in [4.69, 9.17) is 4.74 Å². The molecule has 1 saturated heterocycles. The highest BCUT2D eigenvalue weighted by Gasteiger charge is 2.25. The van der Waals surface area contributed by atoms with E-state index >= 15 is 0 Å². The second kappa shape index (κ2) is 6.72. The normalized spacial score (nSPS) is 18.0. The zero-order chi connectivity index (χ0) is 16.2. The summed E-state index contributed by atoms with van der Waals surface area (Å²) in [4.78, 5) is 17.8. The molecule has 2 aromatic rings. The summed E-state index contributed by atoms with van der Waals surface area (Å²) in [7, 11) is 0. The maximum atomic E-state index is 13.5. The minimum Gasteiger partial charge on any atom is -0.481 e. The first-order valence-corrected chi connectivity index (χ1v) is 7.33. The van der Waals surface area contributed by atoms with Crippen molar-refractivity contribution in [1.82, 2.24) is 19.7 Å². The average Bonchev–Trinajstić information content (AvgIpc) is 3.08. The van der Waals surface area contributed by atoms with Gasteiger partial charge in [-0.1, -0.05) is 0 Å². The van der Waals surface area contributed by atoms with Crippen molar-refractivity contribution in [1.29, 1.82) is 0 Å². The van der Waals surface area contributed by atoms with Gasteiger partial charge in [-0.05, 0) is 25.0 Å². The molecule has 1 aliphatic rings. The molecule has 122 valence electrons. The number of ether oxygens (including phenoxy) is 1. The number of halogens is 2. The van der Waals surface area contributed by atoms with Crippen LogP contribution in [0.2, 0.25) is 0 Å². The first-order chi connectivity index (χ1) is 11.1. The highest BCUT2D eigenvalue weighted by Crippen LogP contribution is 2.21. The molecular formula is C15H16F2N4O2. The van der Waals surface area contributed by atoms with Gasteiger partial charge in [-0.15, -0.1) is 0 Å². The molecule has 1 fully saturated rings. The van der Waals surface area contributed by atoms with E-state index in [2.05, 4.69) is 10.1 Å². The molecule has 2 heterocycles. The lowest BCUT2D eigenvalue weighted by Crippen LogP contribution is -2.43. The molecule has 0 N–H and O–H groups in total.